The van der Waals surface area contributed by atoms with Gasteiger partial charge in [0.25, 0.3) is 11.5 Å². The summed E-state index contributed by atoms with van der Waals surface area (Å²) in [6, 6.07) is 15.6. The number of benzene rings is 2. The second-order valence-electron chi connectivity index (χ2n) is 9.03. The number of nitrogen functional groups attached to an aromatic ring is 1. The van der Waals surface area contributed by atoms with Crippen LogP contribution in [-0.2, 0) is 0 Å². The maximum atomic E-state index is 14.0. The fourth-order valence-corrected chi connectivity index (χ4v) is 4.22. The minimum atomic E-state index is -0.665. The molecule has 0 saturated heterocycles. The van der Waals surface area contributed by atoms with Crippen molar-refractivity contribution < 1.29 is 4.79 Å². The summed E-state index contributed by atoms with van der Waals surface area (Å²) in [6.45, 7) is 2.32. The van der Waals surface area contributed by atoms with Gasteiger partial charge >= 0.3 is 0 Å². The molecule has 0 aliphatic carbocycles. The van der Waals surface area contributed by atoms with Gasteiger partial charge in [-0.25, -0.2) is 14.5 Å². The molecule has 0 radical (unpaired) electrons. The first-order valence-electron chi connectivity index (χ1n) is 12.0. The summed E-state index contributed by atoms with van der Waals surface area (Å²) < 4.78 is 2.96. The van der Waals surface area contributed by atoms with Crippen molar-refractivity contribution in [2.45, 2.75) is 13.0 Å². The van der Waals surface area contributed by atoms with Gasteiger partial charge in [-0.1, -0.05) is 36.1 Å². The zero-order valence-electron chi connectivity index (χ0n) is 21.2. The molecule has 1 amide bonds. The molecule has 0 aliphatic heterocycles. The molecule has 10 heteroatoms. The van der Waals surface area contributed by atoms with Crippen LogP contribution in [0.4, 0.5) is 5.82 Å². The maximum absolute atomic E-state index is 14.0. The summed E-state index contributed by atoms with van der Waals surface area (Å²) in [4.78, 5) is 38.4. The zero-order chi connectivity index (χ0) is 26.8. The molecule has 1 atom stereocenters. The fourth-order valence-electron chi connectivity index (χ4n) is 4.22. The molecule has 0 bridgehead atoms. The molecule has 38 heavy (non-hydrogen) atoms. The second-order valence-corrected chi connectivity index (χ2v) is 9.03. The first-order chi connectivity index (χ1) is 18.3. The van der Waals surface area contributed by atoms with Gasteiger partial charge in [-0.2, -0.15) is 0 Å². The van der Waals surface area contributed by atoms with E-state index in [-0.39, 0.29) is 16.9 Å². The van der Waals surface area contributed by atoms with Crippen molar-refractivity contribution in [3.8, 4) is 17.5 Å². The smallest absolute Gasteiger partial charge is 0.267 e. The molecular formula is C28H26N8O2. The molecule has 0 spiro atoms. The van der Waals surface area contributed by atoms with E-state index in [1.165, 1.54) is 9.08 Å². The van der Waals surface area contributed by atoms with Crippen molar-refractivity contribution in [1.29, 1.82) is 0 Å². The third-order valence-electron chi connectivity index (χ3n) is 5.94. The number of anilines is 1. The third-order valence-corrected chi connectivity index (χ3v) is 5.94. The topological polar surface area (TPSA) is 123 Å². The average molecular weight is 507 g/mol. The van der Waals surface area contributed by atoms with Gasteiger partial charge in [0, 0.05) is 18.0 Å². The minimum Gasteiger partial charge on any atom is -0.381 e. The van der Waals surface area contributed by atoms with E-state index in [0.29, 0.717) is 40.2 Å². The number of nitrogens with one attached hydrogen (secondary N) is 1. The van der Waals surface area contributed by atoms with Crippen LogP contribution in [0.3, 0.4) is 0 Å². The number of carbonyl (C=O) groups excluding carboxylic acids is 1. The molecule has 3 aromatic heterocycles. The Morgan fingerprint density at radius 1 is 1.13 bits per heavy atom. The lowest BCUT2D eigenvalue weighted by atomic mass is 10.1. The first-order valence-corrected chi connectivity index (χ1v) is 12.0. The Bertz CT molecular complexity index is 1780. The second kappa shape index (κ2) is 10.2. The molecule has 3 heterocycles. The normalized spacial score (nSPS) is 11.9. The lowest BCUT2D eigenvalue weighted by Gasteiger charge is -2.20. The van der Waals surface area contributed by atoms with Crippen LogP contribution in [0.5, 0.6) is 0 Å². The maximum Gasteiger partial charge on any atom is 0.267 e. The molecule has 10 nitrogen and oxygen atoms in total. The van der Waals surface area contributed by atoms with Gasteiger partial charge in [0.15, 0.2) is 11.5 Å². The highest BCUT2D eigenvalue weighted by molar-refractivity contribution is 6.04. The third kappa shape index (κ3) is 4.58. The van der Waals surface area contributed by atoms with E-state index in [9.17, 15) is 9.59 Å². The summed E-state index contributed by atoms with van der Waals surface area (Å²) in [5.41, 5.74) is 7.97. The Morgan fingerprint density at radius 2 is 1.92 bits per heavy atom. The standard InChI is InChI=1S/C28H26N8O2/c1-18(31-27(37)23-24(29)33-35-17-9-15-30-26(23)35)25-32-21-14-7-10-19(11-8-16-34(2)3)22(21)28(38)36(25)20-12-5-4-6-13-20/h4-7,9-10,12-15,17-18H,16H2,1-3H3,(H2,29,33)(H,31,37)/t18-/m0/s1. The fraction of sp³-hybridized carbons (Fsp3) is 0.179. The minimum absolute atomic E-state index is 0.0567. The van der Waals surface area contributed by atoms with Crippen LogP contribution in [0.2, 0.25) is 0 Å². The van der Waals surface area contributed by atoms with Crippen LogP contribution in [0, 0.1) is 11.8 Å². The van der Waals surface area contributed by atoms with Gasteiger partial charge in [0.1, 0.15) is 11.4 Å². The summed E-state index contributed by atoms with van der Waals surface area (Å²) in [5, 5.41) is 7.51. The SMILES string of the molecule is C[C@H](NC(=O)c1c(N)nn2cccnc12)c1nc2cccc(C#CCN(C)C)c2c(=O)n1-c1ccccc1. The van der Waals surface area contributed by atoms with E-state index in [1.54, 1.807) is 31.5 Å². The van der Waals surface area contributed by atoms with Crippen LogP contribution in [0.15, 0.2) is 71.8 Å². The molecule has 5 rings (SSSR count). The van der Waals surface area contributed by atoms with Crippen molar-refractivity contribution in [1.82, 2.24) is 34.4 Å². The van der Waals surface area contributed by atoms with E-state index in [2.05, 4.69) is 27.2 Å². The molecule has 3 N–H and O–H groups in total. The quantitative estimate of drug-likeness (QED) is 0.351. The number of aromatic nitrogens is 5. The Kier molecular flexibility index (Phi) is 6.60. The average Bonchev–Trinajstić information content (AvgIpc) is 3.24. The Balaban J connectivity index is 1.63. The van der Waals surface area contributed by atoms with Crippen LogP contribution in [-0.4, -0.2) is 55.6 Å². The number of amides is 1. The molecule has 190 valence electrons. The summed E-state index contributed by atoms with van der Waals surface area (Å²) in [5.74, 6) is 6.16. The summed E-state index contributed by atoms with van der Waals surface area (Å²) >= 11 is 0. The molecule has 0 fully saturated rings. The van der Waals surface area contributed by atoms with Crippen molar-refractivity contribution in [3.05, 3.63) is 94.3 Å². The van der Waals surface area contributed by atoms with Gasteiger partial charge in [-0.15, -0.1) is 5.10 Å². The lowest BCUT2D eigenvalue weighted by molar-refractivity contribution is 0.0940. The largest absolute Gasteiger partial charge is 0.381 e. The summed E-state index contributed by atoms with van der Waals surface area (Å²) in [7, 11) is 3.86. The van der Waals surface area contributed by atoms with Crippen LogP contribution in [0.25, 0.3) is 22.2 Å². The highest BCUT2D eigenvalue weighted by atomic mass is 16.2. The monoisotopic (exact) mass is 506 g/mol. The highest BCUT2D eigenvalue weighted by Gasteiger charge is 2.24. The van der Waals surface area contributed by atoms with Crippen molar-refractivity contribution in [2.75, 3.05) is 26.4 Å². The lowest BCUT2D eigenvalue weighted by Crippen LogP contribution is -2.33. The van der Waals surface area contributed by atoms with Gasteiger partial charge in [-0.05, 0) is 51.4 Å². The van der Waals surface area contributed by atoms with E-state index in [1.807, 2.05) is 61.5 Å². The van der Waals surface area contributed by atoms with Crippen molar-refractivity contribution >= 4 is 28.3 Å². The molecule has 0 unspecified atom stereocenters. The predicted octanol–water partition coefficient (Wildman–Crippen LogP) is 2.41. The van der Waals surface area contributed by atoms with Crippen LogP contribution >= 0.6 is 0 Å². The van der Waals surface area contributed by atoms with E-state index >= 15 is 0 Å². The number of rotatable bonds is 5. The van der Waals surface area contributed by atoms with Crippen molar-refractivity contribution in [2.24, 2.45) is 0 Å². The van der Waals surface area contributed by atoms with Gasteiger partial charge < -0.3 is 11.1 Å². The Hall–Kier alpha value is -5.01. The number of hydrogen-bond donors (Lipinski definition) is 2. The molecule has 0 saturated carbocycles. The van der Waals surface area contributed by atoms with Gasteiger partial charge in [-0.3, -0.25) is 19.1 Å². The van der Waals surface area contributed by atoms with E-state index in [4.69, 9.17) is 10.7 Å². The molecule has 2 aromatic carbocycles. The zero-order valence-corrected chi connectivity index (χ0v) is 21.2. The molecule has 5 aromatic rings. The highest BCUT2D eigenvalue weighted by Crippen LogP contribution is 2.22. The van der Waals surface area contributed by atoms with Crippen LogP contribution < -0.4 is 16.6 Å². The first kappa shape index (κ1) is 24.7. The van der Waals surface area contributed by atoms with Crippen molar-refractivity contribution in [3.63, 3.8) is 0 Å². The molecule has 0 aliphatic rings. The van der Waals surface area contributed by atoms with E-state index < -0.39 is 11.9 Å². The number of para-hydroxylation sites is 1. The van der Waals surface area contributed by atoms with Crippen LogP contribution in [0.1, 0.15) is 34.7 Å². The summed E-state index contributed by atoms with van der Waals surface area (Å²) in [6.07, 6.45) is 3.23. The molecular weight excluding hydrogens is 480 g/mol. The number of hydrogen-bond acceptors (Lipinski definition) is 7. The Labute approximate surface area is 218 Å². The van der Waals surface area contributed by atoms with Gasteiger partial charge in [0.2, 0.25) is 0 Å². The number of nitrogens with zero attached hydrogens (tertiary/aromatic N) is 6. The Morgan fingerprint density at radius 3 is 2.68 bits per heavy atom. The predicted molar refractivity (Wildman–Crippen MR) is 146 cm³/mol. The number of carbonyl (C=O) groups is 1. The van der Waals surface area contributed by atoms with Gasteiger partial charge in [0.05, 0.1) is 29.2 Å². The number of nitrogens with two attached hydrogens (primary N) is 1. The van der Waals surface area contributed by atoms with E-state index in [0.717, 1.165) is 0 Å². The number of fused-ring (bicyclic) bond motifs is 2.